The smallest absolute Gasteiger partial charge is 0.264 e. The molecule has 0 bridgehead atoms. The molecule has 0 fully saturated rings. The summed E-state index contributed by atoms with van der Waals surface area (Å²) < 4.78 is 26.7. The molecule has 1 aromatic heterocycles. The molecule has 2 N–H and O–H groups in total. The maximum atomic E-state index is 12.4. The molecular formula is C12H12BrN3O2S. The molecule has 5 nitrogen and oxygen atoms in total. The molecule has 0 amide bonds. The van der Waals surface area contributed by atoms with Crippen LogP contribution in [0.2, 0.25) is 0 Å². The minimum absolute atomic E-state index is 0.138. The number of benzene rings is 1. The number of hydrogen-bond donors (Lipinski definition) is 1. The molecule has 0 aliphatic rings. The van der Waals surface area contributed by atoms with Crippen LogP contribution >= 0.6 is 15.9 Å². The lowest BCUT2D eigenvalue weighted by molar-refractivity contribution is 0.594. The maximum absolute atomic E-state index is 12.4. The fourth-order valence-corrected chi connectivity index (χ4v) is 2.98. The fraction of sp³-hybridized carbons (Fsp3) is 0.0833. The lowest BCUT2D eigenvalue weighted by Crippen LogP contribution is -2.26. The number of rotatable bonds is 3. The quantitative estimate of drug-likeness (QED) is 0.868. The summed E-state index contributed by atoms with van der Waals surface area (Å²) in [6.07, 6.45) is 3.07. The van der Waals surface area contributed by atoms with Gasteiger partial charge < -0.3 is 5.73 Å². The van der Waals surface area contributed by atoms with E-state index in [4.69, 9.17) is 5.73 Å². The average molecular weight is 342 g/mol. The van der Waals surface area contributed by atoms with Crippen molar-refractivity contribution in [2.45, 2.75) is 4.90 Å². The Kier molecular flexibility index (Phi) is 3.77. The molecule has 0 atom stereocenters. The van der Waals surface area contributed by atoms with E-state index in [1.165, 1.54) is 29.7 Å². The van der Waals surface area contributed by atoms with Crippen molar-refractivity contribution < 1.29 is 8.42 Å². The van der Waals surface area contributed by atoms with Gasteiger partial charge >= 0.3 is 0 Å². The minimum Gasteiger partial charge on any atom is -0.398 e. The highest BCUT2D eigenvalue weighted by molar-refractivity contribution is 9.10. The second kappa shape index (κ2) is 5.18. The van der Waals surface area contributed by atoms with Crippen LogP contribution in [0.3, 0.4) is 0 Å². The second-order valence-corrected chi connectivity index (χ2v) is 6.69. The number of sulfonamides is 1. The summed E-state index contributed by atoms with van der Waals surface area (Å²) in [6, 6.07) is 7.89. The lowest BCUT2D eigenvalue weighted by atomic mass is 10.3. The van der Waals surface area contributed by atoms with Gasteiger partial charge in [-0.2, -0.15) is 0 Å². The van der Waals surface area contributed by atoms with Crippen LogP contribution in [0.25, 0.3) is 0 Å². The van der Waals surface area contributed by atoms with E-state index in [1.54, 1.807) is 24.4 Å². The van der Waals surface area contributed by atoms with Crippen molar-refractivity contribution in [2.24, 2.45) is 0 Å². The highest BCUT2D eigenvalue weighted by Crippen LogP contribution is 2.26. The van der Waals surface area contributed by atoms with Gasteiger partial charge in [-0.25, -0.2) is 8.42 Å². The number of hydrogen-bond acceptors (Lipinski definition) is 4. The zero-order chi connectivity index (χ0) is 14.0. The first-order valence-corrected chi connectivity index (χ1v) is 7.60. The number of nitrogens with two attached hydrogens (primary N) is 1. The molecular weight excluding hydrogens is 330 g/mol. The van der Waals surface area contributed by atoms with E-state index >= 15 is 0 Å². The third-order valence-electron chi connectivity index (χ3n) is 2.64. The standard InChI is InChI=1S/C12H12BrN3O2S/c1-16(9-3-2-6-15-8-9)19(17,18)10-4-5-11(13)12(14)7-10/h2-8H,14H2,1H3. The van der Waals surface area contributed by atoms with Gasteiger partial charge in [-0.05, 0) is 46.3 Å². The van der Waals surface area contributed by atoms with Crippen molar-refractivity contribution in [1.29, 1.82) is 0 Å². The molecule has 0 unspecified atom stereocenters. The van der Waals surface area contributed by atoms with Crippen LogP contribution in [-0.2, 0) is 10.0 Å². The van der Waals surface area contributed by atoms with Crippen molar-refractivity contribution in [3.63, 3.8) is 0 Å². The zero-order valence-corrected chi connectivity index (χ0v) is 12.5. The van der Waals surface area contributed by atoms with E-state index in [1.807, 2.05) is 0 Å². The molecule has 0 radical (unpaired) electrons. The second-order valence-electron chi connectivity index (χ2n) is 3.87. The Bertz CT molecular complexity index is 689. The Labute approximate surface area is 120 Å². The van der Waals surface area contributed by atoms with Crippen LogP contribution in [0.4, 0.5) is 11.4 Å². The highest BCUT2D eigenvalue weighted by Gasteiger charge is 2.21. The topological polar surface area (TPSA) is 76.3 Å². The van der Waals surface area contributed by atoms with Crippen molar-refractivity contribution >= 4 is 37.3 Å². The third-order valence-corrected chi connectivity index (χ3v) is 5.14. The number of anilines is 2. The average Bonchev–Trinajstić information content (AvgIpc) is 2.41. The molecule has 7 heteroatoms. The van der Waals surface area contributed by atoms with E-state index < -0.39 is 10.0 Å². The number of pyridine rings is 1. The van der Waals surface area contributed by atoms with E-state index in [2.05, 4.69) is 20.9 Å². The Morgan fingerprint density at radius 1 is 1.32 bits per heavy atom. The molecule has 0 aliphatic heterocycles. The van der Waals surface area contributed by atoms with Gasteiger partial charge in [0.15, 0.2) is 0 Å². The normalized spacial score (nSPS) is 11.3. The van der Waals surface area contributed by atoms with Crippen molar-refractivity contribution in [2.75, 3.05) is 17.1 Å². The van der Waals surface area contributed by atoms with Crippen LogP contribution in [0.1, 0.15) is 0 Å². The van der Waals surface area contributed by atoms with E-state index in [-0.39, 0.29) is 4.90 Å². The Hall–Kier alpha value is -1.60. The molecule has 0 saturated carbocycles. The number of aromatic nitrogens is 1. The Balaban J connectivity index is 2.45. The molecule has 0 aliphatic carbocycles. The van der Waals surface area contributed by atoms with Crippen molar-refractivity contribution in [3.05, 3.63) is 47.2 Å². The monoisotopic (exact) mass is 341 g/mol. The lowest BCUT2D eigenvalue weighted by Gasteiger charge is -2.19. The van der Waals surface area contributed by atoms with E-state index in [0.29, 0.717) is 15.8 Å². The Morgan fingerprint density at radius 2 is 2.05 bits per heavy atom. The summed E-state index contributed by atoms with van der Waals surface area (Å²) >= 11 is 3.23. The van der Waals surface area contributed by atoms with Gasteiger partial charge in [-0.3, -0.25) is 9.29 Å². The molecule has 1 aromatic carbocycles. The molecule has 2 aromatic rings. The van der Waals surface area contributed by atoms with Gasteiger partial charge in [0.05, 0.1) is 16.8 Å². The molecule has 0 saturated heterocycles. The SMILES string of the molecule is CN(c1cccnc1)S(=O)(=O)c1ccc(Br)c(N)c1. The summed E-state index contributed by atoms with van der Waals surface area (Å²) in [5, 5.41) is 0. The van der Waals surface area contributed by atoms with Gasteiger partial charge in [-0.1, -0.05) is 0 Å². The summed E-state index contributed by atoms with van der Waals surface area (Å²) in [7, 11) is -2.16. The molecule has 0 spiro atoms. The van der Waals surface area contributed by atoms with Crippen LogP contribution in [0.5, 0.6) is 0 Å². The summed E-state index contributed by atoms with van der Waals surface area (Å²) in [5.74, 6) is 0. The molecule has 19 heavy (non-hydrogen) atoms. The fourth-order valence-electron chi connectivity index (χ4n) is 1.52. The van der Waals surface area contributed by atoms with Crippen LogP contribution in [0.15, 0.2) is 52.1 Å². The predicted octanol–water partition coefficient (Wildman–Crippen LogP) is 2.25. The third kappa shape index (κ3) is 2.71. The number of halogens is 1. The highest BCUT2D eigenvalue weighted by atomic mass is 79.9. The zero-order valence-electron chi connectivity index (χ0n) is 10.1. The minimum atomic E-state index is -3.64. The van der Waals surface area contributed by atoms with E-state index in [0.717, 1.165) is 0 Å². The van der Waals surface area contributed by atoms with Gasteiger partial charge in [-0.15, -0.1) is 0 Å². The number of nitrogens with zero attached hydrogens (tertiary/aromatic N) is 2. The van der Waals surface area contributed by atoms with Gasteiger partial charge in [0.1, 0.15) is 0 Å². The Morgan fingerprint density at radius 3 is 2.63 bits per heavy atom. The van der Waals surface area contributed by atoms with Crippen molar-refractivity contribution in [1.82, 2.24) is 4.98 Å². The van der Waals surface area contributed by atoms with E-state index in [9.17, 15) is 8.42 Å². The number of nitrogen functional groups attached to an aromatic ring is 1. The van der Waals surface area contributed by atoms with Crippen molar-refractivity contribution in [3.8, 4) is 0 Å². The molecule has 2 rings (SSSR count). The molecule has 100 valence electrons. The summed E-state index contributed by atoms with van der Waals surface area (Å²) in [6.45, 7) is 0. The molecule has 1 heterocycles. The predicted molar refractivity (Wildman–Crippen MR) is 78.4 cm³/mol. The first-order chi connectivity index (χ1) is 8.93. The largest absolute Gasteiger partial charge is 0.398 e. The van der Waals surface area contributed by atoms with Gasteiger partial charge in [0.2, 0.25) is 0 Å². The van der Waals surface area contributed by atoms with Gasteiger partial charge in [0, 0.05) is 23.4 Å². The first-order valence-electron chi connectivity index (χ1n) is 5.37. The first kappa shape index (κ1) is 13.8. The van der Waals surface area contributed by atoms with Crippen LogP contribution < -0.4 is 10.0 Å². The summed E-state index contributed by atoms with van der Waals surface area (Å²) in [5.41, 5.74) is 6.58. The van der Waals surface area contributed by atoms with Crippen LogP contribution in [-0.4, -0.2) is 20.4 Å². The van der Waals surface area contributed by atoms with Gasteiger partial charge in [0.25, 0.3) is 10.0 Å². The maximum Gasteiger partial charge on any atom is 0.264 e. The summed E-state index contributed by atoms with van der Waals surface area (Å²) in [4.78, 5) is 4.04. The van der Waals surface area contributed by atoms with Crippen LogP contribution in [0, 0.1) is 0 Å².